The molecular weight excluding hydrogens is 389 g/mol. The summed E-state index contributed by atoms with van der Waals surface area (Å²) >= 11 is 12.2. The smallest absolute Gasteiger partial charge is 0.407 e. The van der Waals surface area contributed by atoms with Crippen LogP contribution in [0.2, 0.25) is 10.0 Å². The maximum atomic E-state index is 11.8. The van der Waals surface area contributed by atoms with Crippen molar-refractivity contribution in [3.05, 3.63) is 64.5 Å². The zero-order valence-electron chi connectivity index (χ0n) is 14.3. The Hall–Kier alpha value is -2.44. The first-order valence-corrected chi connectivity index (χ1v) is 9.29. The molecule has 8 heteroatoms. The summed E-state index contributed by atoms with van der Waals surface area (Å²) in [5, 5.41) is 10.5. The van der Waals surface area contributed by atoms with Crippen molar-refractivity contribution < 1.29 is 14.6 Å². The molecule has 1 N–H and O–H groups in total. The number of amides is 1. The van der Waals surface area contributed by atoms with Crippen LogP contribution >= 0.6 is 23.2 Å². The molecule has 4 rings (SSSR count). The van der Waals surface area contributed by atoms with E-state index < -0.39 is 6.09 Å². The molecule has 0 spiro atoms. The number of carbonyl (C=O) groups is 1. The molecule has 1 aliphatic rings. The monoisotopic (exact) mass is 405 g/mol. The maximum Gasteiger partial charge on any atom is 0.407 e. The van der Waals surface area contributed by atoms with Crippen LogP contribution in [0, 0.1) is 0 Å². The van der Waals surface area contributed by atoms with Gasteiger partial charge in [-0.05, 0) is 18.2 Å². The highest BCUT2D eigenvalue weighted by Gasteiger charge is 2.38. The Balaban J connectivity index is 1.43. The number of pyridine rings is 1. The lowest BCUT2D eigenvalue weighted by atomic mass is 9.87. The van der Waals surface area contributed by atoms with E-state index in [0.717, 1.165) is 11.2 Å². The number of halogens is 2. The molecule has 0 unspecified atom stereocenters. The van der Waals surface area contributed by atoms with Gasteiger partial charge in [-0.3, -0.25) is 0 Å². The van der Waals surface area contributed by atoms with Crippen LogP contribution in [-0.2, 0) is 6.54 Å². The summed E-state index contributed by atoms with van der Waals surface area (Å²) in [4.78, 5) is 17.6. The summed E-state index contributed by atoms with van der Waals surface area (Å²) in [5.74, 6) is 0.525. The zero-order chi connectivity index (χ0) is 19.0. The summed E-state index contributed by atoms with van der Waals surface area (Å²) in [5.41, 5.74) is 1.63. The zero-order valence-corrected chi connectivity index (χ0v) is 15.8. The van der Waals surface area contributed by atoms with E-state index >= 15 is 0 Å². The van der Waals surface area contributed by atoms with Crippen LogP contribution in [0.1, 0.15) is 18.4 Å². The van der Waals surface area contributed by atoms with Gasteiger partial charge in [-0.15, -0.1) is 0 Å². The summed E-state index contributed by atoms with van der Waals surface area (Å²) < 4.78 is 7.76. The molecule has 27 heavy (non-hydrogen) atoms. The van der Waals surface area contributed by atoms with Gasteiger partial charge in [-0.2, -0.15) is 0 Å². The second-order valence-electron chi connectivity index (χ2n) is 6.52. The highest BCUT2D eigenvalue weighted by molar-refractivity contribution is 6.42. The number of imidazole rings is 1. The molecule has 140 valence electrons. The van der Waals surface area contributed by atoms with Gasteiger partial charge in [0.05, 0.1) is 11.6 Å². The Morgan fingerprint density at radius 1 is 1.26 bits per heavy atom. The molecule has 0 saturated heterocycles. The molecule has 2 aromatic heterocycles. The van der Waals surface area contributed by atoms with Crippen molar-refractivity contribution in [2.24, 2.45) is 0 Å². The largest absolute Gasteiger partial charge is 0.489 e. The Morgan fingerprint density at radius 2 is 2.07 bits per heavy atom. The van der Waals surface area contributed by atoms with E-state index in [1.807, 2.05) is 28.9 Å². The Morgan fingerprint density at radius 3 is 2.85 bits per heavy atom. The predicted octanol–water partition coefficient (Wildman–Crippen LogP) is 4.73. The normalized spacial score (nSPS) is 18.9. The molecule has 1 aromatic carbocycles. The van der Waals surface area contributed by atoms with Gasteiger partial charge < -0.3 is 19.1 Å². The van der Waals surface area contributed by atoms with Crippen LogP contribution in [0.15, 0.2) is 48.9 Å². The van der Waals surface area contributed by atoms with Crippen molar-refractivity contribution in [2.75, 3.05) is 0 Å². The lowest BCUT2D eigenvalue weighted by molar-refractivity contribution is 0.0184. The van der Waals surface area contributed by atoms with Crippen molar-refractivity contribution in [3.63, 3.8) is 0 Å². The first kappa shape index (κ1) is 17.9. The van der Waals surface area contributed by atoms with E-state index in [0.29, 0.717) is 28.6 Å². The Bertz CT molecular complexity index is 985. The van der Waals surface area contributed by atoms with Gasteiger partial charge in [0.1, 0.15) is 22.5 Å². The molecule has 0 bridgehead atoms. The summed E-state index contributed by atoms with van der Waals surface area (Å²) in [6, 6.07) is 8.90. The second kappa shape index (κ2) is 7.29. The van der Waals surface area contributed by atoms with Crippen LogP contribution in [0.5, 0.6) is 5.75 Å². The van der Waals surface area contributed by atoms with E-state index in [1.165, 1.54) is 4.90 Å². The Labute approximate surface area is 165 Å². The quantitative estimate of drug-likeness (QED) is 0.665. The van der Waals surface area contributed by atoms with Gasteiger partial charge >= 0.3 is 6.09 Å². The van der Waals surface area contributed by atoms with Crippen LogP contribution in [0.4, 0.5) is 4.79 Å². The third-order valence-corrected chi connectivity index (χ3v) is 5.61. The van der Waals surface area contributed by atoms with E-state index in [4.69, 9.17) is 27.9 Å². The molecular formula is C19H17Cl2N3O3. The first-order chi connectivity index (χ1) is 13.0. The molecule has 3 aromatic rings. The van der Waals surface area contributed by atoms with Gasteiger partial charge in [0, 0.05) is 43.0 Å². The van der Waals surface area contributed by atoms with E-state index in [9.17, 15) is 9.90 Å². The van der Waals surface area contributed by atoms with E-state index in [2.05, 4.69) is 4.98 Å². The SMILES string of the molecule is O=C(O)N(Cc1cccn2ccnc12)C1CC(Oc2cccc(Cl)c2Cl)C1. The number of benzene rings is 1. The number of carboxylic acid groups (broad SMARTS) is 1. The molecule has 1 saturated carbocycles. The fourth-order valence-corrected chi connectivity index (χ4v) is 3.65. The van der Waals surface area contributed by atoms with Crippen molar-refractivity contribution in [3.8, 4) is 5.75 Å². The average Bonchev–Trinajstić information content (AvgIpc) is 3.09. The molecule has 6 nitrogen and oxygen atoms in total. The molecule has 1 aliphatic carbocycles. The molecule has 0 atom stereocenters. The fourth-order valence-electron chi connectivity index (χ4n) is 3.31. The molecule has 0 aliphatic heterocycles. The Kier molecular flexibility index (Phi) is 4.85. The lowest BCUT2D eigenvalue weighted by Gasteiger charge is -2.41. The molecule has 1 amide bonds. The minimum atomic E-state index is -0.951. The van der Waals surface area contributed by atoms with Crippen molar-refractivity contribution in [1.29, 1.82) is 0 Å². The summed E-state index contributed by atoms with van der Waals surface area (Å²) in [6.07, 6.45) is 5.60. The van der Waals surface area contributed by atoms with Gasteiger partial charge in [0.25, 0.3) is 0 Å². The number of hydrogen-bond donors (Lipinski definition) is 1. The van der Waals surface area contributed by atoms with Gasteiger partial charge in [0.15, 0.2) is 0 Å². The molecule has 2 heterocycles. The number of aromatic nitrogens is 2. The third kappa shape index (κ3) is 3.55. The third-order valence-electron chi connectivity index (χ3n) is 4.81. The number of hydrogen-bond acceptors (Lipinski definition) is 3. The average molecular weight is 406 g/mol. The van der Waals surface area contributed by atoms with Gasteiger partial charge in [-0.1, -0.05) is 35.3 Å². The van der Waals surface area contributed by atoms with Crippen molar-refractivity contribution in [1.82, 2.24) is 14.3 Å². The van der Waals surface area contributed by atoms with E-state index in [-0.39, 0.29) is 18.7 Å². The van der Waals surface area contributed by atoms with Gasteiger partial charge in [-0.25, -0.2) is 9.78 Å². The highest BCUT2D eigenvalue weighted by atomic mass is 35.5. The lowest BCUT2D eigenvalue weighted by Crippen LogP contribution is -2.50. The second-order valence-corrected chi connectivity index (χ2v) is 7.30. The standard InChI is InChI=1S/C19H17Cl2N3O3/c20-15-4-1-5-16(17(15)21)27-14-9-13(10-14)24(19(25)26)11-12-3-2-7-23-8-6-22-18(12)23/h1-8,13-14H,9-11H2,(H,25,26). The fraction of sp³-hybridized carbons (Fsp3) is 0.263. The number of rotatable bonds is 5. The number of fused-ring (bicyclic) bond motifs is 1. The topological polar surface area (TPSA) is 67.1 Å². The van der Waals surface area contributed by atoms with Crippen LogP contribution in [0.3, 0.4) is 0 Å². The molecule has 0 radical (unpaired) electrons. The summed E-state index contributed by atoms with van der Waals surface area (Å²) in [6.45, 7) is 0.284. The highest BCUT2D eigenvalue weighted by Crippen LogP contribution is 2.36. The minimum Gasteiger partial charge on any atom is -0.489 e. The van der Waals surface area contributed by atoms with Crippen LogP contribution in [-0.4, -0.2) is 37.6 Å². The molecule has 1 fully saturated rings. The number of nitrogens with zero attached hydrogens (tertiary/aromatic N) is 3. The minimum absolute atomic E-state index is 0.0879. The van der Waals surface area contributed by atoms with E-state index in [1.54, 1.807) is 24.4 Å². The van der Waals surface area contributed by atoms with Crippen molar-refractivity contribution in [2.45, 2.75) is 31.5 Å². The predicted molar refractivity (Wildman–Crippen MR) is 103 cm³/mol. The first-order valence-electron chi connectivity index (χ1n) is 8.53. The number of ether oxygens (including phenoxy) is 1. The van der Waals surface area contributed by atoms with Crippen LogP contribution < -0.4 is 4.74 Å². The maximum absolute atomic E-state index is 11.8. The summed E-state index contributed by atoms with van der Waals surface area (Å²) in [7, 11) is 0. The van der Waals surface area contributed by atoms with Gasteiger partial charge in [0.2, 0.25) is 0 Å². The van der Waals surface area contributed by atoms with Crippen molar-refractivity contribution >= 4 is 34.9 Å². The van der Waals surface area contributed by atoms with Crippen LogP contribution in [0.25, 0.3) is 5.65 Å².